The van der Waals surface area contributed by atoms with Gasteiger partial charge in [-0.15, -0.1) is 0 Å². The first-order valence-electron chi connectivity index (χ1n) is 10.4. The lowest BCUT2D eigenvalue weighted by Crippen LogP contribution is -2.06. The number of nitrogens with one attached hydrogen (secondary N) is 1. The van der Waals surface area contributed by atoms with E-state index in [1.165, 1.54) is 36.6 Å². The zero-order chi connectivity index (χ0) is 19.8. The van der Waals surface area contributed by atoms with Crippen LogP contribution in [0.25, 0.3) is 21.9 Å². The lowest BCUT2D eigenvalue weighted by Gasteiger charge is -2.14. The number of anilines is 2. The third kappa shape index (κ3) is 3.39. The Kier molecular flexibility index (Phi) is 4.54. The van der Waals surface area contributed by atoms with E-state index < -0.39 is 0 Å². The summed E-state index contributed by atoms with van der Waals surface area (Å²) < 4.78 is 2.30. The van der Waals surface area contributed by atoms with Gasteiger partial charge in [-0.3, -0.25) is 0 Å². The van der Waals surface area contributed by atoms with Gasteiger partial charge in [-0.1, -0.05) is 12.1 Å². The Bertz CT molecular complexity index is 1160. The van der Waals surface area contributed by atoms with Crippen molar-refractivity contribution >= 4 is 33.6 Å². The Labute approximate surface area is 170 Å². The van der Waals surface area contributed by atoms with Gasteiger partial charge in [0, 0.05) is 24.7 Å². The number of nitrogens with zero attached hydrogens (tertiary/aromatic N) is 4. The van der Waals surface area contributed by atoms with Crippen LogP contribution in [0.2, 0.25) is 0 Å². The van der Waals surface area contributed by atoms with E-state index in [0.29, 0.717) is 11.9 Å². The first-order chi connectivity index (χ1) is 14.2. The molecule has 0 bridgehead atoms. The zero-order valence-corrected chi connectivity index (χ0v) is 16.7. The average molecular weight is 387 g/mol. The van der Waals surface area contributed by atoms with Crippen LogP contribution in [-0.2, 0) is 6.42 Å². The Hall–Kier alpha value is -3.15. The second-order valence-corrected chi connectivity index (χ2v) is 8.06. The van der Waals surface area contributed by atoms with Crippen molar-refractivity contribution in [2.45, 2.75) is 38.1 Å². The fraction of sp³-hybridized carbons (Fsp3) is 0.348. The van der Waals surface area contributed by atoms with Crippen molar-refractivity contribution in [3.8, 4) is 0 Å². The van der Waals surface area contributed by atoms with Crippen molar-refractivity contribution in [3.05, 3.63) is 54.5 Å². The number of fused-ring (bicyclic) bond motifs is 2. The zero-order valence-electron chi connectivity index (χ0n) is 16.7. The summed E-state index contributed by atoms with van der Waals surface area (Å²) in [6.45, 7) is 0. The summed E-state index contributed by atoms with van der Waals surface area (Å²) in [5.41, 5.74) is 9.39. The summed E-state index contributed by atoms with van der Waals surface area (Å²) in [6, 6.07) is 13.4. The lowest BCUT2D eigenvalue weighted by atomic mass is 9.97. The highest BCUT2D eigenvalue weighted by Gasteiger charge is 2.27. The Morgan fingerprint density at radius 1 is 1.14 bits per heavy atom. The minimum Gasteiger partial charge on any atom is -0.383 e. The van der Waals surface area contributed by atoms with Crippen molar-refractivity contribution in [1.29, 1.82) is 0 Å². The monoisotopic (exact) mass is 386 g/mol. The predicted molar refractivity (Wildman–Crippen MR) is 118 cm³/mol. The summed E-state index contributed by atoms with van der Waals surface area (Å²) in [7, 11) is 1.91. The molecule has 0 aliphatic heterocycles. The standard InChI is InChI=1S/C23H26N6/c1-25-21-9-7-17-6-4-16(13-20(17)28-21)3-2-15-5-8-18(12-15)29-11-10-19-22(24)26-14-27-23(19)29/h4,6-7,9-11,13-15,18H,2-3,5,8,12H2,1H3,(H,25,28)(H2,24,26,27). The molecule has 29 heavy (non-hydrogen) atoms. The van der Waals surface area contributed by atoms with Gasteiger partial charge < -0.3 is 15.6 Å². The largest absolute Gasteiger partial charge is 0.383 e. The minimum atomic E-state index is 0.503. The van der Waals surface area contributed by atoms with Crippen LogP contribution in [0.15, 0.2) is 48.9 Å². The lowest BCUT2D eigenvalue weighted by molar-refractivity contribution is 0.461. The van der Waals surface area contributed by atoms with Crippen LogP contribution in [0.5, 0.6) is 0 Å². The topological polar surface area (TPSA) is 81.7 Å². The maximum Gasteiger partial charge on any atom is 0.145 e. The maximum atomic E-state index is 5.99. The molecule has 1 aromatic carbocycles. The van der Waals surface area contributed by atoms with Gasteiger partial charge >= 0.3 is 0 Å². The highest BCUT2D eigenvalue weighted by Crippen LogP contribution is 2.39. The van der Waals surface area contributed by atoms with Crippen LogP contribution in [-0.4, -0.2) is 26.6 Å². The number of aromatic nitrogens is 4. The Morgan fingerprint density at radius 3 is 2.93 bits per heavy atom. The van der Waals surface area contributed by atoms with Crippen molar-refractivity contribution in [1.82, 2.24) is 19.5 Å². The number of hydrogen-bond donors (Lipinski definition) is 2. The van der Waals surface area contributed by atoms with Crippen LogP contribution < -0.4 is 11.1 Å². The molecular formula is C23H26N6. The highest BCUT2D eigenvalue weighted by molar-refractivity contribution is 5.86. The highest BCUT2D eigenvalue weighted by atomic mass is 15.1. The maximum absolute atomic E-state index is 5.99. The number of nitrogen functional groups attached to an aromatic ring is 1. The van der Waals surface area contributed by atoms with Crippen LogP contribution >= 0.6 is 0 Å². The van der Waals surface area contributed by atoms with E-state index in [-0.39, 0.29) is 0 Å². The third-order valence-corrected chi connectivity index (χ3v) is 6.30. The molecular weight excluding hydrogens is 360 g/mol. The molecule has 5 rings (SSSR count). The first-order valence-corrected chi connectivity index (χ1v) is 10.4. The first kappa shape index (κ1) is 17.9. The van der Waals surface area contributed by atoms with E-state index in [1.54, 1.807) is 6.33 Å². The van der Waals surface area contributed by atoms with Gasteiger partial charge in [0.1, 0.15) is 23.6 Å². The molecule has 6 heteroatoms. The van der Waals surface area contributed by atoms with Crippen molar-refractivity contribution in [3.63, 3.8) is 0 Å². The number of pyridine rings is 1. The fourth-order valence-electron chi connectivity index (χ4n) is 4.68. The van der Waals surface area contributed by atoms with E-state index in [4.69, 9.17) is 5.73 Å². The molecule has 3 aromatic heterocycles. The van der Waals surface area contributed by atoms with Crippen molar-refractivity contribution in [2.24, 2.45) is 5.92 Å². The summed E-state index contributed by atoms with van der Waals surface area (Å²) in [6.07, 6.45) is 9.66. The normalized spacial score (nSPS) is 19.2. The molecule has 148 valence electrons. The van der Waals surface area contributed by atoms with Gasteiger partial charge in [-0.05, 0) is 67.9 Å². The molecule has 1 aliphatic carbocycles. The SMILES string of the molecule is CNc1ccc2ccc(CCC3CCC(n4ccc5c(N)ncnc54)C3)cc2n1. The minimum absolute atomic E-state index is 0.503. The van der Waals surface area contributed by atoms with Crippen LogP contribution in [0.4, 0.5) is 11.6 Å². The summed E-state index contributed by atoms with van der Waals surface area (Å²) in [5.74, 6) is 2.22. The summed E-state index contributed by atoms with van der Waals surface area (Å²) in [4.78, 5) is 13.2. The van der Waals surface area contributed by atoms with Crippen molar-refractivity contribution < 1.29 is 0 Å². The number of rotatable bonds is 5. The summed E-state index contributed by atoms with van der Waals surface area (Å²) in [5, 5.41) is 5.27. The molecule has 6 nitrogen and oxygen atoms in total. The molecule has 1 saturated carbocycles. The van der Waals surface area contributed by atoms with Gasteiger partial charge in [0.05, 0.1) is 10.9 Å². The molecule has 0 amide bonds. The number of aryl methyl sites for hydroxylation is 1. The van der Waals surface area contributed by atoms with Crippen molar-refractivity contribution in [2.75, 3.05) is 18.1 Å². The van der Waals surface area contributed by atoms with Crippen LogP contribution in [0.3, 0.4) is 0 Å². The van der Waals surface area contributed by atoms with E-state index in [1.807, 2.05) is 19.2 Å². The number of hydrogen-bond acceptors (Lipinski definition) is 5. The Morgan fingerprint density at radius 2 is 2.03 bits per heavy atom. The second kappa shape index (κ2) is 7.35. The molecule has 2 unspecified atom stereocenters. The molecule has 2 atom stereocenters. The van der Waals surface area contributed by atoms with E-state index in [0.717, 1.165) is 34.7 Å². The molecule has 0 radical (unpaired) electrons. The van der Waals surface area contributed by atoms with Gasteiger partial charge in [0.15, 0.2) is 0 Å². The van der Waals surface area contributed by atoms with Crippen LogP contribution in [0.1, 0.15) is 37.3 Å². The van der Waals surface area contributed by atoms with Gasteiger partial charge in [-0.2, -0.15) is 0 Å². The van der Waals surface area contributed by atoms with Gasteiger partial charge in [0.2, 0.25) is 0 Å². The average Bonchev–Trinajstić information content (AvgIpc) is 3.39. The third-order valence-electron chi connectivity index (χ3n) is 6.30. The van der Waals surface area contributed by atoms with Gasteiger partial charge in [-0.25, -0.2) is 15.0 Å². The number of benzene rings is 1. The molecule has 0 spiro atoms. The predicted octanol–water partition coefficient (Wildman–Crippen LogP) is 4.58. The summed E-state index contributed by atoms with van der Waals surface area (Å²) >= 11 is 0. The molecule has 1 fully saturated rings. The second-order valence-electron chi connectivity index (χ2n) is 8.06. The molecule has 3 heterocycles. The molecule has 0 saturated heterocycles. The molecule has 1 aliphatic rings. The van der Waals surface area contributed by atoms with E-state index in [2.05, 4.69) is 55.3 Å². The number of nitrogens with two attached hydrogens (primary N) is 1. The Balaban J connectivity index is 1.26. The van der Waals surface area contributed by atoms with E-state index >= 15 is 0 Å². The van der Waals surface area contributed by atoms with Gasteiger partial charge in [0.25, 0.3) is 0 Å². The smallest absolute Gasteiger partial charge is 0.145 e. The molecule has 3 N–H and O–H groups in total. The van der Waals surface area contributed by atoms with Crippen LogP contribution in [0, 0.1) is 5.92 Å². The molecule has 4 aromatic rings. The fourth-order valence-corrected chi connectivity index (χ4v) is 4.68. The quantitative estimate of drug-likeness (QED) is 0.525. The van der Waals surface area contributed by atoms with E-state index in [9.17, 15) is 0 Å².